The highest BCUT2D eigenvalue weighted by atomic mass is 32.1. The number of thiophene rings is 1. The van der Waals surface area contributed by atoms with Crippen LogP contribution >= 0.6 is 11.3 Å². The fourth-order valence-electron chi connectivity index (χ4n) is 4.41. The monoisotopic (exact) mass is 493 g/mol. The summed E-state index contributed by atoms with van der Waals surface area (Å²) in [6.07, 6.45) is 2.60. The Labute approximate surface area is 206 Å². The van der Waals surface area contributed by atoms with Crippen molar-refractivity contribution < 1.29 is 23.5 Å². The highest BCUT2D eigenvalue weighted by Gasteiger charge is 2.28. The van der Waals surface area contributed by atoms with E-state index in [0.29, 0.717) is 51.9 Å². The molecule has 5 rings (SSSR count). The van der Waals surface area contributed by atoms with Gasteiger partial charge in [-0.1, -0.05) is 13.8 Å². The average molecular weight is 494 g/mol. The van der Waals surface area contributed by atoms with Crippen molar-refractivity contribution >= 4 is 44.3 Å². The summed E-state index contributed by atoms with van der Waals surface area (Å²) in [5.41, 5.74) is 1.84. The van der Waals surface area contributed by atoms with Gasteiger partial charge < -0.3 is 24.1 Å². The molecular weight excluding hydrogens is 466 g/mol. The number of pyridine rings is 1. The number of furan rings is 1. The number of aromatic nitrogens is 1. The Kier molecular flexibility index (Phi) is 6.21. The molecule has 1 fully saturated rings. The molecule has 4 heterocycles. The maximum Gasteiger partial charge on any atom is 0.264 e. The van der Waals surface area contributed by atoms with E-state index < -0.39 is 0 Å². The number of rotatable bonds is 6. The molecule has 182 valence electrons. The summed E-state index contributed by atoms with van der Waals surface area (Å²) in [5.74, 6) is 1.68. The molecule has 0 aliphatic carbocycles. The zero-order valence-corrected chi connectivity index (χ0v) is 20.9. The SMILES string of the molecule is CNC(=O)c1c(C(C)C)oc2cc(Oc3ccnc4cc(C(=O)N5CC[C@@H](OC)C5)sc34)ccc12. The third-order valence-corrected chi connectivity index (χ3v) is 7.37. The van der Waals surface area contributed by atoms with Gasteiger partial charge in [-0.2, -0.15) is 0 Å². The van der Waals surface area contributed by atoms with Gasteiger partial charge >= 0.3 is 0 Å². The highest BCUT2D eigenvalue weighted by molar-refractivity contribution is 7.21. The van der Waals surface area contributed by atoms with Crippen LogP contribution < -0.4 is 10.1 Å². The second-order valence-electron chi connectivity index (χ2n) is 8.87. The molecule has 1 aromatic carbocycles. The topological polar surface area (TPSA) is 93.9 Å². The number of methoxy groups -OCH3 is 1. The predicted octanol–water partition coefficient (Wildman–Crippen LogP) is 5.18. The van der Waals surface area contributed by atoms with Crippen molar-refractivity contribution in [3.63, 3.8) is 0 Å². The number of carbonyl (C=O) groups is 2. The van der Waals surface area contributed by atoms with Crippen LogP contribution in [0.25, 0.3) is 21.2 Å². The molecule has 1 aliphatic rings. The Hall–Kier alpha value is -3.43. The normalized spacial score (nSPS) is 15.9. The van der Waals surface area contributed by atoms with Gasteiger partial charge in [0.05, 0.1) is 26.8 Å². The minimum atomic E-state index is -0.178. The van der Waals surface area contributed by atoms with E-state index in [4.69, 9.17) is 13.9 Å². The molecule has 4 aromatic rings. The Bertz CT molecular complexity index is 1420. The number of benzene rings is 1. The van der Waals surface area contributed by atoms with Crippen molar-refractivity contribution in [2.45, 2.75) is 32.3 Å². The van der Waals surface area contributed by atoms with Crippen LogP contribution in [0.2, 0.25) is 0 Å². The van der Waals surface area contributed by atoms with Gasteiger partial charge in [0.2, 0.25) is 0 Å². The number of carbonyl (C=O) groups excluding carboxylic acids is 2. The number of amides is 2. The second-order valence-corrected chi connectivity index (χ2v) is 9.92. The van der Waals surface area contributed by atoms with Gasteiger partial charge in [-0.15, -0.1) is 11.3 Å². The number of likely N-dealkylation sites (tertiary alicyclic amines) is 1. The van der Waals surface area contributed by atoms with Crippen LogP contribution in [0.4, 0.5) is 0 Å². The Balaban J connectivity index is 1.46. The number of fused-ring (bicyclic) bond motifs is 2. The fourth-order valence-corrected chi connectivity index (χ4v) is 5.45. The zero-order chi connectivity index (χ0) is 24.7. The van der Waals surface area contributed by atoms with Gasteiger partial charge in [-0.05, 0) is 24.6 Å². The summed E-state index contributed by atoms with van der Waals surface area (Å²) in [4.78, 5) is 32.4. The van der Waals surface area contributed by atoms with E-state index in [1.54, 1.807) is 32.5 Å². The lowest BCUT2D eigenvalue weighted by atomic mass is 10.0. The highest BCUT2D eigenvalue weighted by Crippen LogP contribution is 2.38. The molecule has 0 unspecified atom stereocenters. The summed E-state index contributed by atoms with van der Waals surface area (Å²) >= 11 is 1.37. The summed E-state index contributed by atoms with van der Waals surface area (Å²) in [7, 11) is 3.28. The molecule has 2 amide bonds. The summed E-state index contributed by atoms with van der Waals surface area (Å²) in [6, 6.07) is 9.04. The van der Waals surface area contributed by atoms with E-state index in [1.165, 1.54) is 11.3 Å². The number of nitrogens with one attached hydrogen (secondary N) is 1. The summed E-state index contributed by atoms with van der Waals surface area (Å²) in [6.45, 7) is 5.26. The van der Waals surface area contributed by atoms with Crippen molar-refractivity contribution in [3.05, 3.63) is 52.7 Å². The van der Waals surface area contributed by atoms with Gasteiger partial charge in [0.15, 0.2) is 0 Å². The standard InChI is InChI=1S/C26H27N3O5S/c1-14(2)23-22(25(30)27-3)17-6-5-15(11-20(17)34-23)33-19-7-9-28-18-12-21(35-24(18)19)26(31)29-10-8-16(13-29)32-4/h5-7,9,11-12,14,16H,8,10,13H2,1-4H3,(H,27,30)/t16-/m1/s1. The largest absolute Gasteiger partial charge is 0.460 e. The molecule has 1 aliphatic heterocycles. The van der Waals surface area contributed by atoms with E-state index in [-0.39, 0.29) is 23.8 Å². The van der Waals surface area contributed by atoms with Gasteiger partial charge in [0, 0.05) is 56.9 Å². The Morgan fingerprint density at radius 2 is 2.09 bits per heavy atom. The van der Waals surface area contributed by atoms with E-state index in [0.717, 1.165) is 16.5 Å². The lowest BCUT2D eigenvalue weighted by Crippen LogP contribution is -2.29. The van der Waals surface area contributed by atoms with E-state index in [9.17, 15) is 9.59 Å². The molecule has 8 nitrogen and oxygen atoms in total. The smallest absolute Gasteiger partial charge is 0.264 e. The van der Waals surface area contributed by atoms with Crippen LogP contribution in [0.15, 0.2) is 40.9 Å². The van der Waals surface area contributed by atoms with Gasteiger partial charge in [-0.25, -0.2) is 0 Å². The quantitative estimate of drug-likeness (QED) is 0.398. The number of hydrogen-bond donors (Lipinski definition) is 1. The first-order valence-electron chi connectivity index (χ1n) is 11.6. The predicted molar refractivity (Wildman–Crippen MR) is 135 cm³/mol. The molecule has 1 saturated heterocycles. The minimum absolute atomic E-state index is 0.0153. The fraction of sp³-hybridized carbons (Fsp3) is 0.346. The minimum Gasteiger partial charge on any atom is -0.460 e. The van der Waals surface area contributed by atoms with Crippen LogP contribution in [0.1, 0.15) is 52.0 Å². The number of hydrogen-bond acceptors (Lipinski definition) is 7. The summed E-state index contributed by atoms with van der Waals surface area (Å²) < 4.78 is 18.5. The number of nitrogens with zero attached hydrogens (tertiary/aromatic N) is 2. The molecule has 3 aromatic heterocycles. The third-order valence-electron chi connectivity index (χ3n) is 6.25. The van der Waals surface area contributed by atoms with Crippen LogP contribution in [-0.4, -0.2) is 55.0 Å². The van der Waals surface area contributed by atoms with Crippen molar-refractivity contribution in [1.29, 1.82) is 0 Å². The molecule has 0 saturated carbocycles. The van der Waals surface area contributed by atoms with Crippen molar-refractivity contribution in [3.8, 4) is 11.5 Å². The van der Waals surface area contributed by atoms with Gasteiger partial charge in [-0.3, -0.25) is 14.6 Å². The average Bonchev–Trinajstić information content (AvgIpc) is 3.59. The molecule has 1 N–H and O–H groups in total. The third kappa shape index (κ3) is 4.26. The maximum atomic E-state index is 13.0. The Morgan fingerprint density at radius 3 is 2.80 bits per heavy atom. The first-order valence-corrected chi connectivity index (χ1v) is 12.4. The lowest BCUT2D eigenvalue weighted by Gasteiger charge is -2.14. The van der Waals surface area contributed by atoms with Gasteiger partial charge in [0.1, 0.15) is 22.8 Å². The Morgan fingerprint density at radius 1 is 1.26 bits per heavy atom. The van der Waals surface area contributed by atoms with Crippen molar-refractivity contribution in [2.24, 2.45) is 0 Å². The zero-order valence-electron chi connectivity index (χ0n) is 20.1. The van der Waals surface area contributed by atoms with E-state index in [1.807, 2.05) is 36.9 Å². The van der Waals surface area contributed by atoms with Crippen LogP contribution in [0, 0.1) is 0 Å². The second kappa shape index (κ2) is 9.31. The van der Waals surface area contributed by atoms with Crippen molar-refractivity contribution in [1.82, 2.24) is 15.2 Å². The van der Waals surface area contributed by atoms with Crippen LogP contribution in [0.5, 0.6) is 11.5 Å². The molecular formula is C26H27N3O5S. The van der Waals surface area contributed by atoms with Crippen LogP contribution in [0.3, 0.4) is 0 Å². The summed E-state index contributed by atoms with van der Waals surface area (Å²) in [5, 5.41) is 3.43. The van der Waals surface area contributed by atoms with E-state index in [2.05, 4.69) is 10.3 Å². The van der Waals surface area contributed by atoms with Crippen LogP contribution in [-0.2, 0) is 4.74 Å². The van der Waals surface area contributed by atoms with E-state index >= 15 is 0 Å². The lowest BCUT2D eigenvalue weighted by molar-refractivity contribution is 0.0728. The molecule has 9 heteroatoms. The first-order chi connectivity index (χ1) is 16.9. The number of ether oxygens (including phenoxy) is 2. The molecule has 1 atom stereocenters. The molecule has 35 heavy (non-hydrogen) atoms. The maximum absolute atomic E-state index is 13.0. The molecule has 0 spiro atoms. The van der Waals surface area contributed by atoms with Crippen molar-refractivity contribution in [2.75, 3.05) is 27.2 Å². The van der Waals surface area contributed by atoms with Gasteiger partial charge in [0.25, 0.3) is 11.8 Å². The first kappa shape index (κ1) is 23.3. The molecule has 0 bridgehead atoms. The molecule has 0 radical (unpaired) electrons.